The number of carbonyl (C=O) groups is 2. The third-order valence-corrected chi connectivity index (χ3v) is 3.07. The molecule has 122 valence electrons. The van der Waals surface area contributed by atoms with Crippen molar-refractivity contribution in [2.24, 2.45) is 0 Å². The molecule has 6 heteroatoms. The van der Waals surface area contributed by atoms with Crippen LogP contribution in [0.4, 0.5) is 4.39 Å². The van der Waals surface area contributed by atoms with Crippen LogP contribution in [-0.2, 0) is 14.3 Å². The summed E-state index contributed by atoms with van der Waals surface area (Å²) in [4.78, 5) is 23.1. The first-order chi connectivity index (χ1) is 10.3. The Morgan fingerprint density at radius 2 is 2.05 bits per heavy atom. The summed E-state index contributed by atoms with van der Waals surface area (Å²) < 4.78 is 18.6. The number of carboxylic acids is 1. The maximum atomic E-state index is 13.2. The number of amides is 1. The van der Waals surface area contributed by atoms with Gasteiger partial charge >= 0.3 is 5.97 Å². The highest BCUT2D eigenvalue weighted by molar-refractivity contribution is 5.84. The third-order valence-electron chi connectivity index (χ3n) is 3.07. The Labute approximate surface area is 129 Å². The summed E-state index contributed by atoms with van der Waals surface area (Å²) in [5.41, 5.74) is 0.682. The summed E-state index contributed by atoms with van der Waals surface area (Å²) in [5, 5.41) is 11.7. The van der Waals surface area contributed by atoms with Gasteiger partial charge in [0.2, 0.25) is 5.91 Å². The van der Waals surface area contributed by atoms with Crippen LogP contribution < -0.4 is 5.32 Å². The summed E-state index contributed by atoms with van der Waals surface area (Å²) in [6.07, 6.45) is 0.784. The molecule has 1 aromatic carbocycles. The van der Waals surface area contributed by atoms with Gasteiger partial charge in [-0.05, 0) is 44.4 Å². The van der Waals surface area contributed by atoms with Gasteiger partial charge in [0.25, 0.3) is 0 Å². The van der Waals surface area contributed by atoms with Crippen LogP contribution in [0.2, 0.25) is 0 Å². The van der Waals surface area contributed by atoms with Crippen molar-refractivity contribution in [2.45, 2.75) is 45.8 Å². The highest BCUT2D eigenvalue weighted by atomic mass is 19.1. The average molecular weight is 311 g/mol. The predicted molar refractivity (Wildman–Crippen MR) is 80.0 cm³/mol. The Morgan fingerprint density at radius 3 is 2.59 bits per heavy atom. The fourth-order valence-electron chi connectivity index (χ4n) is 1.92. The Bertz CT molecular complexity index is 531. The number of halogens is 1. The van der Waals surface area contributed by atoms with Gasteiger partial charge in [0.05, 0.1) is 6.10 Å². The molecule has 0 aromatic heterocycles. The molecule has 0 saturated carbocycles. The normalized spacial score (nSPS) is 12.2. The Balaban J connectivity index is 2.62. The topological polar surface area (TPSA) is 75.6 Å². The molecule has 0 bridgehead atoms. The lowest BCUT2D eigenvalue weighted by Gasteiger charge is -2.16. The molecule has 0 radical (unpaired) electrons. The first-order valence-corrected chi connectivity index (χ1v) is 7.21. The lowest BCUT2D eigenvalue weighted by Crippen LogP contribution is -2.33. The molecule has 1 unspecified atom stereocenters. The minimum absolute atomic E-state index is 0.0945. The van der Waals surface area contributed by atoms with Crippen molar-refractivity contribution in [3.63, 3.8) is 0 Å². The zero-order valence-electron chi connectivity index (χ0n) is 13.1. The summed E-state index contributed by atoms with van der Waals surface area (Å²) in [5.74, 6) is -1.97. The molecule has 0 aliphatic heterocycles. The number of carbonyl (C=O) groups excluding carboxylic acids is 1. The fraction of sp³-hybridized carbons (Fsp3) is 0.500. The van der Waals surface area contributed by atoms with E-state index in [9.17, 15) is 19.1 Å². The van der Waals surface area contributed by atoms with Gasteiger partial charge in [-0.25, -0.2) is 9.18 Å². The molecule has 5 nitrogen and oxygen atoms in total. The lowest BCUT2D eigenvalue weighted by atomic mass is 10.0. The smallest absolute Gasteiger partial charge is 0.330 e. The molecule has 0 fully saturated rings. The van der Waals surface area contributed by atoms with E-state index in [0.717, 1.165) is 0 Å². The molecule has 0 heterocycles. The van der Waals surface area contributed by atoms with Crippen molar-refractivity contribution >= 4 is 11.9 Å². The molecule has 0 aliphatic rings. The van der Waals surface area contributed by atoms with Crippen LogP contribution >= 0.6 is 0 Å². The predicted octanol–water partition coefficient (Wildman–Crippen LogP) is 2.58. The van der Waals surface area contributed by atoms with Crippen molar-refractivity contribution in [1.82, 2.24) is 5.32 Å². The van der Waals surface area contributed by atoms with Crippen molar-refractivity contribution < 1.29 is 23.8 Å². The second-order valence-electron chi connectivity index (χ2n) is 5.37. The summed E-state index contributed by atoms with van der Waals surface area (Å²) in [6.45, 7) is 5.79. The molecule has 22 heavy (non-hydrogen) atoms. The fourth-order valence-corrected chi connectivity index (χ4v) is 1.92. The van der Waals surface area contributed by atoms with Crippen LogP contribution in [0, 0.1) is 12.7 Å². The average Bonchev–Trinajstić information content (AvgIpc) is 2.43. The molecular formula is C16H22FNO4. The Kier molecular flexibility index (Phi) is 6.98. The monoisotopic (exact) mass is 311 g/mol. The largest absolute Gasteiger partial charge is 0.479 e. The second kappa shape index (κ2) is 8.48. The van der Waals surface area contributed by atoms with Crippen molar-refractivity contribution in [2.75, 3.05) is 6.61 Å². The van der Waals surface area contributed by atoms with Crippen LogP contribution in [-0.4, -0.2) is 29.7 Å². The quantitative estimate of drug-likeness (QED) is 0.724. The highest BCUT2D eigenvalue weighted by Crippen LogP contribution is 2.17. The number of nitrogens with one attached hydrogen (secondary N) is 1. The molecule has 0 spiro atoms. The van der Waals surface area contributed by atoms with E-state index in [4.69, 9.17) is 4.74 Å². The standard InChI is InChI=1S/C16H22FNO4/c1-10(2)22-8-4-5-14(19)18-15(16(20)21)12-6-7-13(17)11(3)9-12/h6-7,9-10,15H,4-5,8H2,1-3H3,(H,18,19)(H,20,21). The summed E-state index contributed by atoms with van der Waals surface area (Å²) in [6, 6.07) is 2.81. The third kappa shape index (κ3) is 5.81. The maximum Gasteiger partial charge on any atom is 0.330 e. The van der Waals surface area contributed by atoms with E-state index in [1.807, 2.05) is 13.8 Å². The van der Waals surface area contributed by atoms with Crippen LogP contribution in [0.1, 0.15) is 43.9 Å². The second-order valence-corrected chi connectivity index (χ2v) is 5.37. The van der Waals surface area contributed by atoms with Crippen molar-refractivity contribution in [3.8, 4) is 0 Å². The van der Waals surface area contributed by atoms with Gasteiger partial charge in [0.15, 0.2) is 6.04 Å². The number of hydrogen-bond acceptors (Lipinski definition) is 3. The Hall–Kier alpha value is -1.95. The zero-order valence-corrected chi connectivity index (χ0v) is 13.1. The van der Waals surface area contributed by atoms with E-state index in [1.54, 1.807) is 6.92 Å². The minimum atomic E-state index is -1.18. The van der Waals surface area contributed by atoms with E-state index in [1.165, 1.54) is 18.2 Å². The van der Waals surface area contributed by atoms with Gasteiger partial charge in [-0.3, -0.25) is 4.79 Å². The van der Waals surface area contributed by atoms with Crippen LogP contribution in [0.3, 0.4) is 0 Å². The van der Waals surface area contributed by atoms with Crippen molar-refractivity contribution in [3.05, 3.63) is 35.1 Å². The first kappa shape index (κ1) is 18.1. The SMILES string of the molecule is Cc1cc(C(NC(=O)CCCOC(C)C)C(=O)O)ccc1F. The Morgan fingerprint density at radius 1 is 1.36 bits per heavy atom. The first-order valence-electron chi connectivity index (χ1n) is 7.21. The van der Waals surface area contributed by atoms with E-state index in [-0.39, 0.29) is 18.4 Å². The number of aryl methyl sites for hydroxylation is 1. The molecule has 1 amide bonds. The molecule has 0 aliphatic carbocycles. The number of ether oxygens (including phenoxy) is 1. The van der Waals surface area contributed by atoms with Gasteiger partial charge in [0.1, 0.15) is 5.82 Å². The molecule has 0 saturated heterocycles. The number of benzene rings is 1. The van der Waals surface area contributed by atoms with Crippen LogP contribution in [0.15, 0.2) is 18.2 Å². The zero-order chi connectivity index (χ0) is 16.7. The van der Waals surface area contributed by atoms with Gasteiger partial charge in [-0.15, -0.1) is 0 Å². The van der Waals surface area contributed by atoms with Gasteiger partial charge < -0.3 is 15.2 Å². The molecule has 1 rings (SSSR count). The van der Waals surface area contributed by atoms with Gasteiger partial charge in [-0.1, -0.05) is 12.1 Å². The maximum absolute atomic E-state index is 13.2. The highest BCUT2D eigenvalue weighted by Gasteiger charge is 2.22. The molecule has 1 aromatic rings. The molecule has 2 N–H and O–H groups in total. The van der Waals surface area contributed by atoms with Crippen LogP contribution in [0.25, 0.3) is 0 Å². The van der Waals surface area contributed by atoms with Gasteiger partial charge in [-0.2, -0.15) is 0 Å². The van der Waals surface area contributed by atoms with E-state index in [0.29, 0.717) is 24.2 Å². The summed E-state index contributed by atoms with van der Waals surface area (Å²) in [7, 11) is 0. The number of carboxylic acid groups (broad SMARTS) is 1. The van der Waals surface area contributed by atoms with E-state index < -0.39 is 17.8 Å². The van der Waals surface area contributed by atoms with E-state index in [2.05, 4.69) is 5.32 Å². The minimum Gasteiger partial charge on any atom is -0.479 e. The number of hydrogen-bond donors (Lipinski definition) is 2. The summed E-state index contributed by atoms with van der Waals surface area (Å²) >= 11 is 0. The number of rotatable bonds is 8. The van der Waals surface area contributed by atoms with Crippen molar-refractivity contribution in [1.29, 1.82) is 0 Å². The lowest BCUT2D eigenvalue weighted by molar-refractivity contribution is -0.142. The van der Waals surface area contributed by atoms with Gasteiger partial charge in [0, 0.05) is 13.0 Å². The number of aliphatic carboxylic acids is 1. The molecular weight excluding hydrogens is 289 g/mol. The van der Waals surface area contributed by atoms with E-state index >= 15 is 0 Å². The molecule has 1 atom stereocenters. The van der Waals surface area contributed by atoms with Crippen LogP contribution in [0.5, 0.6) is 0 Å².